The molecular weight excluding hydrogens is 278 g/mol. The third-order valence-electron chi connectivity index (χ3n) is 4.42. The number of nitrogens with zero attached hydrogens (tertiary/aromatic N) is 1. The highest BCUT2D eigenvalue weighted by molar-refractivity contribution is 6.10. The fourth-order valence-electron chi connectivity index (χ4n) is 3.35. The van der Waals surface area contributed by atoms with Crippen LogP contribution in [0.3, 0.4) is 0 Å². The van der Waals surface area contributed by atoms with E-state index >= 15 is 0 Å². The molecule has 1 heteroatoms. The van der Waals surface area contributed by atoms with Crippen molar-refractivity contribution in [1.82, 2.24) is 4.57 Å². The summed E-state index contributed by atoms with van der Waals surface area (Å²) < 4.78 is 2.36. The van der Waals surface area contributed by atoms with Gasteiger partial charge in [-0.05, 0) is 55.3 Å². The van der Waals surface area contributed by atoms with E-state index in [0.29, 0.717) is 0 Å². The molecule has 0 saturated heterocycles. The summed E-state index contributed by atoms with van der Waals surface area (Å²) in [6.07, 6.45) is 4.28. The van der Waals surface area contributed by atoms with Gasteiger partial charge in [0, 0.05) is 16.5 Å². The summed E-state index contributed by atoms with van der Waals surface area (Å²) in [5.74, 6) is 0. The van der Waals surface area contributed by atoms with Crippen LogP contribution in [0.15, 0.2) is 72.8 Å². The van der Waals surface area contributed by atoms with Crippen molar-refractivity contribution >= 4 is 27.9 Å². The lowest BCUT2D eigenvalue weighted by atomic mass is 10.0. The van der Waals surface area contributed by atoms with Crippen LogP contribution >= 0.6 is 0 Å². The molecule has 0 spiro atoms. The van der Waals surface area contributed by atoms with Gasteiger partial charge in [-0.3, -0.25) is 0 Å². The zero-order valence-corrected chi connectivity index (χ0v) is 13.5. The standard InChI is InChI=1S/C22H19N/c1-3-9-17-15-22-20(14-16(17)2)19-12-7-8-13-21(19)23(22)18-10-5-4-6-11-18/h3-15H,1-2H3/b9-3-. The highest BCUT2D eigenvalue weighted by Gasteiger charge is 2.12. The Morgan fingerprint density at radius 3 is 2.30 bits per heavy atom. The summed E-state index contributed by atoms with van der Waals surface area (Å²) in [4.78, 5) is 0. The molecule has 23 heavy (non-hydrogen) atoms. The Morgan fingerprint density at radius 1 is 0.783 bits per heavy atom. The predicted octanol–water partition coefficient (Wildman–Crippen LogP) is 6.13. The summed E-state index contributed by atoms with van der Waals surface area (Å²) in [6.45, 7) is 4.25. The van der Waals surface area contributed by atoms with Crippen molar-refractivity contribution in [3.8, 4) is 5.69 Å². The first-order chi connectivity index (χ1) is 11.3. The molecule has 0 N–H and O–H groups in total. The topological polar surface area (TPSA) is 4.93 Å². The highest BCUT2D eigenvalue weighted by atomic mass is 15.0. The Morgan fingerprint density at radius 2 is 1.52 bits per heavy atom. The zero-order valence-electron chi connectivity index (χ0n) is 13.5. The van der Waals surface area contributed by atoms with E-state index in [2.05, 4.69) is 97.3 Å². The molecule has 1 aromatic heterocycles. The van der Waals surface area contributed by atoms with E-state index in [4.69, 9.17) is 0 Å². The van der Waals surface area contributed by atoms with Gasteiger partial charge in [0.2, 0.25) is 0 Å². The number of fused-ring (bicyclic) bond motifs is 3. The number of aromatic nitrogens is 1. The van der Waals surface area contributed by atoms with Gasteiger partial charge in [0.05, 0.1) is 11.0 Å². The summed E-state index contributed by atoms with van der Waals surface area (Å²) in [6, 6.07) is 23.8. The van der Waals surface area contributed by atoms with E-state index in [9.17, 15) is 0 Å². The van der Waals surface area contributed by atoms with Gasteiger partial charge in [-0.1, -0.05) is 48.6 Å². The van der Waals surface area contributed by atoms with E-state index in [-0.39, 0.29) is 0 Å². The molecule has 0 unspecified atom stereocenters. The van der Waals surface area contributed by atoms with Gasteiger partial charge in [-0.25, -0.2) is 0 Å². The molecule has 0 aliphatic rings. The average Bonchev–Trinajstić information content (AvgIpc) is 2.90. The maximum Gasteiger partial charge on any atom is 0.0547 e. The summed E-state index contributed by atoms with van der Waals surface area (Å²) >= 11 is 0. The van der Waals surface area contributed by atoms with Gasteiger partial charge in [-0.2, -0.15) is 0 Å². The van der Waals surface area contributed by atoms with E-state index < -0.39 is 0 Å². The number of benzene rings is 3. The molecule has 1 heterocycles. The first-order valence-corrected chi connectivity index (χ1v) is 8.01. The number of aryl methyl sites for hydroxylation is 1. The number of hydrogen-bond donors (Lipinski definition) is 0. The number of rotatable bonds is 2. The van der Waals surface area contributed by atoms with E-state index in [1.807, 2.05) is 0 Å². The van der Waals surface area contributed by atoms with Gasteiger partial charge in [-0.15, -0.1) is 0 Å². The lowest BCUT2D eigenvalue weighted by molar-refractivity contribution is 1.18. The van der Waals surface area contributed by atoms with E-state index in [1.165, 1.54) is 38.6 Å². The van der Waals surface area contributed by atoms with Crippen LogP contribution in [-0.4, -0.2) is 4.57 Å². The molecule has 0 saturated carbocycles. The number of allylic oxidation sites excluding steroid dienone is 1. The van der Waals surface area contributed by atoms with Crippen molar-refractivity contribution < 1.29 is 0 Å². The van der Waals surface area contributed by atoms with Crippen molar-refractivity contribution in [2.24, 2.45) is 0 Å². The third kappa shape index (κ3) is 2.17. The van der Waals surface area contributed by atoms with Crippen LogP contribution in [0.2, 0.25) is 0 Å². The Bertz CT molecular complexity index is 1020. The average molecular weight is 297 g/mol. The first-order valence-electron chi connectivity index (χ1n) is 8.01. The molecule has 1 nitrogen and oxygen atoms in total. The molecule has 0 bridgehead atoms. The second-order valence-corrected chi connectivity index (χ2v) is 5.91. The van der Waals surface area contributed by atoms with Crippen LogP contribution in [0.4, 0.5) is 0 Å². The SMILES string of the molecule is C/C=C\c1cc2c(cc1C)c1ccccc1n2-c1ccccc1. The molecule has 112 valence electrons. The van der Waals surface area contributed by atoms with Crippen LogP contribution in [-0.2, 0) is 0 Å². The second-order valence-electron chi connectivity index (χ2n) is 5.91. The van der Waals surface area contributed by atoms with Gasteiger partial charge >= 0.3 is 0 Å². The normalized spacial score (nSPS) is 11.7. The minimum absolute atomic E-state index is 1.20. The Balaban J connectivity index is 2.19. The molecule has 4 rings (SSSR count). The van der Waals surface area contributed by atoms with E-state index in [1.54, 1.807) is 0 Å². The molecule has 0 aliphatic heterocycles. The summed E-state index contributed by atoms with van der Waals surface area (Å²) in [7, 11) is 0. The maximum atomic E-state index is 2.36. The van der Waals surface area contributed by atoms with Gasteiger partial charge in [0.15, 0.2) is 0 Å². The third-order valence-corrected chi connectivity index (χ3v) is 4.42. The monoisotopic (exact) mass is 297 g/mol. The number of para-hydroxylation sites is 2. The molecule has 3 aromatic carbocycles. The van der Waals surface area contributed by atoms with Crippen molar-refractivity contribution in [2.75, 3.05) is 0 Å². The summed E-state index contributed by atoms with van der Waals surface area (Å²) in [5, 5.41) is 2.62. The minimum atomic E-state index is 1.20. The van der Waals surface area contributed by atoms with Crippen molar-refractivity contribution in [3.05, 3.63) is 83.9 Å². The number of hydrogen-bond acceptors (Lipinski definition) is 0. The fraction of sp³-hybridized carbons (Fsp3) is 0.0909. The molecule has 0 fully saturated rings. The van der Waals surface area contributed by atoms with Gasteiger partial charge in [0.1, 0.15) is 0 Å². The smallest absolute Gasteiger partial charge is 0.0547 e. The van der Waals surface area contributed by atoms with Crippen LogP contribution in [0, 0.1) is 6.92 Å². The zero-order chi connectivity index (χ0) is 15.8. The minimum Gasteiger partial charge on any atom is -0.309 e. The van der Waals surface area contributed by atoms with Crippen LogP contribution < -0.4 is 0 Å². The van der Waals surface area contributed by atoms with Crippen LogP contribution in [0.5, 0.6) is 0 Å². The van der Waals surface area contributed by atoms with Crippen molar-refractivity contribution in [3.63, 3.8) is 0 Å². The fourth-order valence-corrected chi connectivity index (χ4v) is 3.35. The van der Waals surface area contributed by atoms with Gasteiger partial charge in [0.25, 0.3) is 0 Å². The highest BCUT2D eigenvalue weighted by Crippen LogP contribution is 2.33. The maximum absolute atomic E-state index is 2.36. The predicted molar refractivity (Wildman–Crippen MR) is 100 cm³/mol. The second kappa shape index (κ2) is 5.44. The lowest BCUT2D eigenvalue weighted by Gasteiger charge is -2.08. The first kappa shape index (κ1) is 13.8. The molecule has 0 amide bonds. The Kier molecular flexibility index (Phi) is 3.27. The Labute approximate surface area is 136 Å². The van der Waals surface area contributed by atoms with Crippen LogP contribution in [0.25, 0.3) is 33.6 Å². The Hall–Kier alpha value is -2.80. The lowest BCUT2D eigenvalue weighted by Crippen LogP contribution is -1.93. The molecule has 0 aliphatic carbocycles. The van der Waals surface area contributed by atoms with Crippen molar-refractivity contribution in [1.29, 1.82) is 0 Å². The molecule has 0 atom stereocenters. The van der Waals surface area contributed by atoms with Crippen LogP contribution in [0.1, 0.15) is 18.1 Å². The summed E-state index contributed by atoms with van der Waals surface area (Å²) in [5.41, 5.74) is 6.31. The molecule has 0 radical (unpaired) electrons. The largest absolute Gasteiger partial charge is 0.309 e. The molecule has 4 aromatic rings. The van der Waals surface area contributed by atoms with Crippen molar-refractivity contribution in [2.45, 2.75) is 13.8 Å². The van der Waals surface area contributed by atoms with Gasteiger partial charge < -0.3 is 4.57 Å². The van der Waals surface area contributed by atoms with E-state index in [0.717, 1.165) is 0 Å². The quantitative estimate of drug-likeness (QED) is 0.419. The molecular formula is C22H19N.